The van der Waals surface area contributed by atoms with Crippen molar-refractivity contribution in [2.24, 2.45) is 5.92 Å². The normalized spacial score (nSPS) is 20.3. The number of hydrogen-bond donors (Lipinski definition) is 2. The number of fused-ring (bicyclic) bond motifs is 2. The number of amides is 4. The van der Waals surface area contributed by atoms with Crippen LogP contribution in [0.25, 0.3) is 16.6 Å². The quantitative estimate of drug-likeness (QED) is 0.161. The predicted octanol–water partition coefficient (Wildman–Crippen LogP) is 7.16. The second-order valence-corrected chi connectivity index (χ2v) is 14.7. The summed E-state index contributed by atoms with van der Waals surface area (Å²) >= 11 is 0. The van der Waals surface area contributed by atoms with E-state index in [0.717, 1.165) is 75.3 Å². The van der Waals surface area contributed by atoms with Gasteiger partial charge in [0.25, 0.3) is 5.91 Å². The van der Waals surface area contributed by atoms with Crippen LogP contribution < -0.4 is 20.3 Å². The van der Waals surface area contributed by atoms with Gasteiger partial charge in [0.1, 0.15) is 23.0 Å². The molecule has 3 aliphatic rings. The van der Waals surface area contributed by atoms with E-state index in [2.05, 4.69) is 32.7 Å². The largest absolute Gasteiger partial charge is 0.494 e. The third-order valence-electron chi connectivity index (χ3n) is 11.2. The van der Waals surface area contributed by atoms with Crippen molar-refractivity contribution < 1.29 is 36.7 Å². The molecule has 2 N–H and O–H groups in total. The number of hydrogen-bond acceptors (Lipinski definition) is 7. The highest BCUT2D eigenvalue weighted by Gasteiger charge is 2.33. The zero-order valence-corrected chi connectivity index (χ0v) is 30.1. The first-order chi connectivity index (χ1) is 26.4. The van der Waals surface area contributed by atoms with Crippen molar-refractivity contribution in [3.63, 3.8) is 0 Å². The van der Waals surface area contributed by atoms with E-state index in [0.29, 0.717) is 41.8 Å². The van der Waals surface area contributed by atoms with Gasteiger partial charge in [0.15, 0.2) is 0 Å². The summed E-state index contributed by atoms with van der Waals surface area (Å²) in [5.74, 6) is -0.381. The first kappa shape index (κ1) is 36.5. The zero-order chi connectivity index (χ0) is 38.4. The van der Waals surface area contributed by atoms with Gasteiger partial charge in [-0.25, -0.2) is 14.2 Å². The van der Waals surface area contributed by atoms with Crippen LogP contribution in [0, 0.1) is 11.7 Å². The fraction of sp³-hybridized carbons (Fsp3) is 0.410. The van der Waals surface area contributed by atoms with Gasteiger partial charge in [-0.15, -0.1) is 0 Å². The lowest BCUT2D eigenvalue weighted by atomic mass is 9.84. The number of imide groups is 1. The Kier molecular flexibility index (Phi) is 9.69. The number of urea groups is 1. The minimum absolute atomic E-state index is 0.205. The van der Waals surface area contributed by atoms with E-state index in [9.17, 15) is 31.9 Å². The van der Waals surface area contributed by atoms with Gasteiger partial charge in [-0.1, -0.05) is 0 Å². The lowest BCUT2D eigenvalue weighted by Gasteiger charge is -2.36. The summed E-state index contributed by atoms with van der Waals surface area (Å²) in [5, 5.41) is 10.5. The molecule has 2 saturated heterocycles. The smallest absolute Gasteiger partial charge is 0.416 e. The Balaban J connectivity index is 0.847. The van der Waals surface area contributed by atoms with Gasteiger partial charge in [0.05, 0.1) is 36.1 Å². The second kappa shape index (κ2) is 14.6. The number of carbonyl (C=O) groups is 3. The maximum absolute atomic E-state index is 14.0. The molecular weight excluding hydrogens is 720 g/mol. The summed E-state index contributed by atoms with van der Waals surface area (Å²) in [5.41, 5.74) is 1.21. The second-order valence-electron chi connectivity index (χ2n) is 14.7. The Morgan fingerprint density at radius 1 is 1.00 bits per heavy atom. The molecular formula is C39H40F4N8O4. The van der Waals surface area contributed by atoms with Gasteiger partial charge in [-0.3, -0.25) is 28.9 Å². The Hall–Kier alpha value is -5.51. The molecule has 0 spiro atoms. The van der Waals surface area contributed by atoms with Crippen molar-refractivity contribution in [2.45, 2.75) is 63.1 Å². The van der Waals surface area contributed by atoms with Crippen molar-refractivity contribution in [3.05, 3.63) is 83.6 Å². The highest BCUT2D eigenvalue weighted by atomic mass is 19.4. The number of halogens is 4. The topological polar surface area (TPSA) is 126 Å². The summed E-state index contributed by atoms with van der Waals surface area (Å²) in [6, 6.07) is 9.06. The Morgan fingerprint density at radius 2 is 1.78 bits per heavy atom. The molecule has 12 nitrogen and oxygen atoms in total. The van der Waals surface area contributed by atoms with Gasteiger partial charge >= 0.3 is 12.2 Å². The van der Waals surface area contributed by atoms with E-state index < -0.39 is 35.1 Å². The van der Waals surface area contributed by atoms with Crippen molar-refractivity contribution in [2.75, 3.05) is 43.5 Å². The van der Waals surface area contributed by atoms with E-state index in [1.165, 1.54) is 12.7 Å². The third kappa shape index (κ3) is 7.59. The molecule has 1 saturated carbocycles. The lowest BCUT2D eigenvalue weighted by molar-refractivity contribution is -0.137. The molecule has 16 heteroatoms. The number of nitrogens with one attached hydrogen (secondary N) is 2. The van der Waals surface area contributed by atoms with Gasteiger partial charge in [0.2, 0.25) is 5.91 Å². The molecule has 55 heavy (non-hydrogen) atoms. The Labute approximate surface area is 313 Å². The molecule has 0 atom stereocenters. The number of aromatic nitrogens is 4. The van der Waals surface area contributed by atoms with E-state index in [1.54, 1.807) is 23.2 Å². The summed E-state index contributed by atoms with van der Waals surface area (Å²) in [7, 11) is 1.42. The molecule has 0 bridgehead atoms. The first-order valence-corrected chi connectivity index (χ1v) is 18.5. The highest BCUT2D eigenvalue weighted by Crippen LogP contribution is 2.37. The van der Waals surface area contributed by atoms with E-state index in [1.807, 2.05) is 21.5 Å². The molecule has 4 amide bonds. The summed E-state index contributed by atoms with van der Waals surface area (Å²) in [4.78, 5) is 45.5. The number of alkyl halides is 3. The molecule has 3 fully saturated rings. The highest BCUT2D eigenvalue weighted by molar-refractivity contribution is 6.06. The average Bonchev–Trinajstić information content (AvgIpc) is 3.78. The van der Waals surface area contributed by atoms with Crippen molar-refractivity contribution in [1.82, 2.24) is 29.4 Å². The van der Waals surface area contributed by atoms with Gasteiger partial charge in [-0.2, -0.15) is 18.3 Å². The number of nitrogens with zero attached hydrogens (tertiary/aromatic N) is 6. The van der Waals surface area contributed by atoms with Gasteiger partial charge < -0.3 is 15.0 Å². The SMILES string of the molecule is COc1cc2nn(C3CCC(CN4CCC(c5ccn6c(N7CCC(=O)NC7=O)cnc6c5)CC4)CC3)cc2cc1NC(=O)c1cc(F)cc(C(F)(F)F)c1. The molecule has 0 radical (unpaired) electrons. The minimum Gasteiger partial charge on any atom is -0.494 e. The number of piperidine rings is 1. The molecule has 0 unspecified atom stereocenters. The average molecular weight is 761 g/mol. The van der Waals surface area contributed by atoms with Gasteiger partial charge in [0, 0.05) is 48.9 Å². The number of methoxy groups -OCH3 is 1. The number of pyridine rings is 1. The molecule has 288 valence electrons. The van der Waals surface area contributed by atoms with Crippen LogP contribution in [-0.2, 0) is 11.0 Å². The Morgan fingerprint density at radius 3 is 2.51 bits per heavy atom. The number of imidazole rings is 1. The standard InChI is InChI=1S/C39H40F4N8O4/c1-55-33-19-31-27(16-32(33)45-37(53)26-14-28(39(41,42)43)18-29(40)15-26)22-51(47-31)30-4-2-23(3-5-30)21-48-10-6-24(7-11-48)25-8-12-49-34(17-25)44-20-36(49)50-13-9-35(52)46-38(50)54/h8,12,14-20,22-24,30H,2-7,9-11,13,21H2,1H3,(H,45,53)(H,46,52,54). The van der Waals surface area contributed by atoms with Crippen molar-refractivity contribution in [3.8, 4) is 5.75 Å². The molecule has 8 rings (SSSR count). The van der Waals surface area contributed by atoms with Crippen molar-refractivity contribution >= 4 is 45.9 Å². The molecule has 2 aliphatic heterocycles. The number of carbonyl (C=O) groups excluding carboxylic acids is 3. The number of anilines is 2. The summed E-state index contributed by atoms with van der Waals surface area (Å²) in [6.45, 7) is 3.42. The van der Waals surface area contributed by atoms with Crippen molar-refractivity contribution in [1.29, 1.82) is 0 Å². The van der Waals surface area contributed by atoms with Crippen LogP contribution in [0.4, 0.5) is 33.9 Å². The summed E-state index contributed by atoms with van der Waals surface area (Å²) < 4.78 is 63.0. The van der Waals surface area contributed by atoms with Gasteiger partial charge in [-0.05, 0) is 105 Å². The monoisotopic (exact) mass is 760 g/mol. The van der Waals surface area contributed by atoms with Crippen LogP contribution in [0.5, 0.6) is 5.75 Å². The third-order valence-corrected chi connectivity index (χ3v) is 11.2. The van der Waals surface area contributed by atoms with Crippen LogP contribution in [0.2, 0.25) is 0 Å². The number of ether oxygens (including phenoxy) is 1. The summed E-state index contributed by atoms with van der Waals surface area (Å²) in [6.07, 6.45) is 7.20. The number of likely N-dealkylation sites (tertiary alicyclic amines) is 1. The van der Waals surface area contributed by atoms with Crippen LogP contribution in [0.1, 0.15) is 78.4 Å². The van der Waals surface area contributed by atoms with Crippen LogP contribution in [-0.4, -0.2) is 75.2 Å². The molecule has 1 aliphatic carbocycles. The fourth-order valence-corrected chi connectivity index (χ4v) is 8.23. The predicted molar refractivity (Wildman–Crippen MR) is 196 cm³/mol. The maximum Gasteiger partial charge on any atom is 0.416 e. The first-order valence-electron chi connectivity index (χ1n) is 18.5. The molecule has 5 heterocycles. The fourth-order valence-electron chi connectivity index (χ4n) is 8.23. The number of rotatable bonds is 8. The van der Waals surface area contributed by atoms with E-state index in [-0.39, 0.29) is 29.8 Å². The zero-order valence-electron chi connectivity index (χ0n) is 30.1. The van der Waals surface area contributed by atoms with Crippen LogP contribution in [0.3, 0.4) is 0 Å². The molecule has 2 aromatic carbocycles. The molecule has 3 aromatic heterocycles. The van der Waals surface area contributed by atoms with Crippen LogP contribution >= 0.6 is 0 Å². The molecule has 5 aromatic rings. The minimum atomic E-state index is -4.80. The Bertz CT molecular complexity index is 2270. The number of benzene rings is 2. The maximum atomic E-state index is 14.0. The van der Waals surface area contributed by atoms with Crippen LogP contribution in [0.15, 0.2) is 61.1 Å². The van der Waals surface area contributed by atoms with E-state index in [4.69, 9.17) is 9.84 Å². The lowest BCUT2D eigenvalue weighted by Crippen LogP contribution is -2.50. The van der Waals surface area contributed by atoms with E-state index >= 15 is 0 Å².